The van der Waals surface area contributed by atoms with Gasteiger partial charge in [0.15, 0.2) is 0 Å². The highest BCUT2D eigenvalue weighted by atomic mass is 16.2. The number of hydrogen-bond donors (Lipinski definition) is 1. The summed E-state index contributed by atoms with van der Waals surface area (Å²) in [5.41, 5.74) is 0.823. The van der Waals surface area contributed by atoms with E-state index in [-0.39, 0.29) is 11.3 Å². The molecule has 2 heteroatoms. The van der Waals surface area contributed by atoms with Gasteiger partial charge in [-0.2, -0.15) is 0 Å². The predicted octanol–water partition coefficient (Wildman–Crippen LogP) is 3.67. The van der Waals surface area contributed by atoms with Crippen LogP contribution in [0.15, 0.2) is 30.3 Å². The highest BCUT2D eigenvalue weighted by Crippen LogP contribution is 2.35. The van der Waals surface area contributed by atoms with Crippen LogP contribution in [0.4, 0.5) is 0 Å². The van der Waals surface area contributed by atoms with Crippen LogP contribution in [0, 0.1) is 23.7 Å². The summed E-state index contributed by atoms with van der Waals surface area (Å²) in [5, 5.41) is 3.04. The van der Waals surface area contributed by atoms with Gasteiger partial charge in [-0.3, -0.25) is 4.79 Å². The molecule has 1 radical (unpaired) electrons. The Balaban J connectivity index is 2.55. The lowest BCUT2D eigenvalue weighted by Crippen LogP contribution is -2.46. The van der Waals surface area contributed by atoms with E-state index >= 15 is 0 Å². The second-order valence-electron chi connectivity index (χ2n) is 5.92. The summed E-state index contributed by atoms with van der Waals surface area (Å²) < 4.78 is 0. The molecule has 0 saturated carbocycles. The highest BCUT2D eigenvalue weighted by molar-refractivity contribution is 5.82. The summed E-state index contributed by atoms with van der Waals surface area (Å²) >= 11 is 0. The molecule has 0 aromatic heterocycles. The first-order chi connectivity index (χ1) is 8.89. The molecule has 2 nitrogen and oxygen atoms in total. The molecule has 1 N–H and O–H groups in total. The van der Waals surface area contributed by atoms with Crippen LogP contribution in [0.1, 0.15) is 40.2 Å². The minimum atomic E-state index is -0.315. The third-order valence-corrected chi connectivity index (χ3v) is 4.29. The van der Waals surface area contributed by atoms with E-state index in [1.807, 2.05) is 36.8 Å². The molecule has 19 heavy (non-hydrogen) atoms. The fourth-order valence-corrected chi connectivity index (χ4v) is 2.23. The average molecular weight is 260 g/mol. The van der Waals surface area contributed by atoms with Crippen LogP contribution in [0.2, 0.25) is 0 Å². The lowest BCUT2D eigenvalue weighted by Gasteiger charge is -2.36. The van der Waals surface area contributed by atoms with Crippen molar-refractivity contribution in [1.29, 1.82) is 0 Å². The molecule has 105 valence electrons. The normalized spacial score (nSPS) is 11.9. The fourth-order valence-electron chi connectivity index (χ4n) is 2.23. The quantitative estimate of drug-likeness (QED) is 0.830. The Morgan fingerprint density at radius 3 is 2.16 bits per heavy atom. The molecular weight excluding hydrogens is 234 g/mol. The van der Waals surface area contributed by atoms with Gasteiger partial charge >= 0.3 is 0 Å². The molecule has 1 rings (SSSR count). The summed E-state index contributed by atoms with van der Waals surface area (Å²) in [7, 11) is 0. The SMILES string of the molecule is CC(C)C(C)(C(=O)NC[CH]c1ccccc1)C(C)C. The number of hydrogen-bond acceptors (Lipinski definition) is 1. The van der Waals surface area contributed by atoms with Crippen molar-refractivity contribution in [3.8, 4) is 0 Å². The second-order valence-corrected chi connectivity index (χ2v) is 5.92. The summed E-state index contributed by atoms with van der Waals surface area (Å²) in [6, 6.07) is 10.1. The monoisotopic (exact) mass is 260 g/mol. The van der Waals surface area contributed by atoms with Crippen molar-refractivity contribution < 1.29 is 4.79 Å². The number of carbonyl (C=O) groups excluding carboxylic acids is 1. The molecular formula is C17H26NO. The maximum atomic E-state index is 12.4. The van der Waals surface area contributed by atoms with Crippen LogP contribution in [0.3, 0.4) is 0 Å². The molecule has 0 unspecified atom stereocenters. The lowest BCUT2D eigenvalue weighted by molar-refractivity contribution is -0.135. The molecule has 0 aliphatic rings. The summed E-state index contributed by atoms with van der Waals surface area (Å²) in [4.78, 5) is 12.4. The van der Waals surface area contributed by atoms with E-state index in [0.717, 1.165) is 5.56 Å². The maximum absolute atomic E-state index is 12.4. The van der Waals surface area contributed by atoms with Gasteiger partial charge in [0.05, 0.1) is 5.41 Å². The number of benzene rings is 1. The van der Waals surface area contributed by atoms with E-state index in [9.17, 15) is 4.79 Å². The number of nitrogens with one attached hydrogen (secondary N) is 1. The molecule has 0 bridgehead atoms. The minimum Gasteiger partial charge on any atom is -0.355 e. The van der Waals surface area contributed by atoms with Gasteiger partial charge in [0.2, 0.25) is 5.91 Å². The van der Waals surface area contributed by atoms with E-state index in [1.165, 1.54) is 0 Å². The molecule has 0 aliphatic heterocycles. The van der Waals surface area contributed by atoms with Crippen molar-refractivity contribution in [1.82, 2.24) is 5.32 Å². The first-order valence-electron chi connectivity index (χ1n) is 7.05. The van der Waals surface area contributed by atoms with Crippen LogP contribution in [-0.4, -0.2) is 12.5 Å². The van der Waals surface area contributed by atoms with E-state index in [4.69, 9.17) is 0 Å². The summed E-state index contributed by atoms with van der Waals surface area (Å²) in [5.74, 6) is 0.790. The van der Waals surface area contributed by atoms with Crippen molar-refractivity contribution in [2.75, 3.05) is 6.54 Å². The summed E-state index contributed by atoms with van der Waals surface area (Å²) in [6.07, 6.45) is 2.04. The van der Waals surface area contributed by atoms with Gasteiger partial charge < -0.3 is 5.32 Å². The molecule has 0 spiro atoms. The van der Waals surface area contributed by atoms with Gasteiger partial charge in [-0.1, -0.05) is 65.0 Å². The van der Waals surface area contributed by atoms with Crippen LogP contribution in [0.5, 0.6) is 0 Å². The first kappa shape index (κ1) is 15.7. The van der Waals surface area contributed by atoms with Crippen molar-refractivity contribution >= 4 is 5.91 Å². The maximum Gasteiger partial charge on any atom is 0.226 e. The summed E-state index contributed by atoms with van der Waals surface area (Å²) in [6.45, 7) is 11.1. The Kier molecular flexibility index (Phi) is 5.59. The van der Waals surface area contributed by atoms with Gasteiger partial charge in [0, 0.05) is 13.0 Å². The van der Waals surface area contributed by atoms with E-state index in [0.29, 0.717) is 18.4 Å². The largest absolute Gasteiger partial charge is 0.355 e. The van der Waals surface area contributed by atoms with Gasteiger partial charge in [-0.05, 0) is 17.4 Å². The topological polar surface area (TPSA) is 29.1 Å². The number of amides is 1. The predicted molar refractivity (Wildman–Crippen MR) is 80.6 cm³/mol. The zero-order valence-corrected chi connectivity index (χ0v) is 12.7. The third kappa shape index (κ3) is 3.82. The molecule has 1 amide bonds. The molecule has 0 saturated heterocycles. The number of carbonyl (C=O) groups is 1. The Bertz CT molecular complexity index is 387. The molecule has 0 fully saturated rings. The van der Waals surface area contributed by atoms with Crippen LogP contribution >= 0.6 is 0 Å². The molecule has 1 aromatic carbocycles. The van der Waals surface area contributed by atoms with Gasteiger partial charge in [-0.25, -0.2) is 0 Å². The second kappa shape index (κ2) is 6.74. The van der Waals surface area contributed by atoms with Gasteiger partial charge in [-0.15, -0.1) is 0 Å². The van der Waals surface area contributed by atoms with Crippen LogP contribution < -0.4 is 5.32 Å². The smallest absolute Gasteiger partial charge is 0.226 e. The van der Waals surface area contributed by atoms with Crippen molar-refractivity contribution in [2.45, 2.75) is 34.6 Å². The Morgan fingerprint density at radius 2 is 1.68 bits per heavy atom. The van der Waals surface area contributed by atoms with Crippen molar-refractivity contribution in [3.63, 3.8) is 0 Å². The molecule has 0 atom stereocenters. The first-order valence-corrected chi connectivity index (χ1v) is 7.05. The Hall–Kier alpha value is -1.31. The van der Waals surface area contributed by atoms with Crippen LogP contribution in [0.25, 0.3) is 0 Å². The average Bonchev–Trinajstić information content (AvgIpc) is 2.38. The van der Waals surface area contributed by atoms with E-state index in [2.05, 4.69) is 39.9 Å². The fraction of sp³-hybridized carbons (Fsp3) is 0.529. The van der Waals surface area contributed by atoms with Gasteiger partial charge in [0.1, 0.15) is 0 Å². The van der Waals surface area contributed by atoms with Crippen LogP contribution in [-0.2, 0) is 4.79 Å². The molecule has 0 aliphatic carbocycles. The highest BCUT2D eigenvalue weighted by Gasteiger charge is 2.39. The Morgan fingerprint density at radius 1 is 1.16 bits per heavy atom. The van der Waals surface area contributed by atoms with E-state index < -0.39 is 0 Å². The number of rotatable bonds is 6. The zero-order valence-electron chi connectivity index (χ0n) is 12.7. The molecule has 0 heterocycles. The standard InChI is InChI=1S/C17H26NO/c1-13(2)17(5,14(3)4)16(19)18-12-11-15-9-7-6-8-10-15/h6-11,13-14H,12H2,1-5H3,(H,18,19). The Labute approximate surface area is 117 Å². The van der Waals surface area contributed by atoms with Crippen molar-refractivity contribution in [2.24, 2.45) is 17.3 Å². The zero-order chi connectivity index (χ0) is 14.5. The third-order valence-electron chi connectivity index (χ3n) is 4.29. The molecule has 1 aromatic rings. The minimum absolute atomic E-state index is 0.143. The van der Waals surface area contributed by atoms with Gasteiger partial charge in [0.25, 0.3) is 0 Å². The van der Waals surface area contributed by atoms with Crippen molar-refractivity contribution in [3.05, 3.63) is 42.3 Å². The van der Waals surface area contributed by atoms with E-state index in [1.54, 1.807) is 0 Å². The lowest BCUT2D eigenvalue weighted by atomic mass is 9.70.